The zero-order chi connectivity index (χ0) is 18.5. The summed E-state index contributed by atoms with van der Waals surface area (Å²) in [5.41, 5.74) is 4.25. The van der Waals surface area contributed by atoms with Gasteiger partial charge in [-0.3, -0.25) is 4.79 Å². The van der Waals surface area contributed by atoms with Gasteiger partial charge in [0, 0.05) is 25.2 Å². The predicted octanol–water partition coefficient (Wildman–Crippen LogP) is 4.61. The van der Waals surface area contributed by atoms with Gasteiger partial charge in [-0.1, -0.05) is 42.0 Å². The van der Waals surface area contributed by atoms with Gasteiger partial charge >= 0.3 is 0 Å². The van der Waals surface area contributed by atoms with Crippen LogP contribution in [0.4, 0.5) is 0 Å². The van der Waals surface area contributed by atoms with Gasteiger partial charge in [-0.05, 0) is 69.5 Å². The van der Waals surface area contributed by atoms with Crippen LogP contribution in [0.3, 0.4) is 0 Å². The first-order valence-corrected chi connectivity index (χ1v) is 9.71. The number of rotatable bonds is 6. The summed E-state index contributed by atoms with van der Waals surface area (Å²) in [5, 5.41) is 0. The Morgan fingerprint density at radius 1 is 1.08 bits per heavy atom. The summed E-state index contributed by atoms with van der Waals surface area (Å²) in [6, 6.07) is 16.9. The first-order valence-electron chi connectivity index (χ1n) is 9.71. The van der Waals surface area contributed by atoms with Crippen LogP contribution in [0.5, 0.6) is 0 Å². The van der Waals surface area contributed by atoms with Crippen molar-refractivity contribution in [1.29, 1.82) is 0 Å². The molecule has 0 aliphatic carbocycles. The minimum Gasteiger partial charge on any atom is -0.342 e. The molecule has 26 heavy (non-hydrogen) atoms. The molecule has 1 aliphatic rings. The number of hydrogen-bond donors (Lipinski definition) is 0. The van der Waals surface area contributed by atoms with Crippen LogP contribution in [0.25, 0.3) is 11.1 Å². The largest absolute Gasteiger partial charge is 0.342 e. The average Bonchev–Trinajstić information content (AvgIpc) is 3.20. The molecule has 3 nitrogen and oxygen atoms in total. The number of benzene rings is 2. The zero-order valence-corrected chi connectivity index (χ0v) is 16.2. The summed E-state index contributed by atoms with van der Waals surface area (Å²) >= 11 is 0. The second kappa shape index (κ2) is 8.50. The Morgan fingerprint density at radius 2 is 1.73 bits per heavy atom. The molecular formula is C23H30N2O. The Kier molecular flexibility index (Phi) is 6.10. The first kappa shape index (κ1) is 18.7. The van der Waals surface area contributed by atoms with E-state index in [4.69, 9.17) is 0 Å². The normalized spacial score (nSPS) is 15.8. The number of nitrogens with zero attached hydrogens (tertiary/aromatic N) is 2. The molecule has 1 amide bonds. The van der Waals surface area contributed by atoms with E-state index in [1.54, 1.807) is 0 Å². The molecule has 1 saturated heterocycles. The van der Waals surface area contributed by atoms with Crippen molar-refractivity contribution in [1.82, 2.24) is 9.80 Å². The molecule has 1 unspecified atom stereocenters. The van der Waals surface area contributed by atoms with E-state index in [0.717, 1.165) is 29.7 Å². The van der Waals surface area contributed by atoms with Gasteiger partial charge in [-0.25, -0.2) is 0 Å². The zero-order valence-electron chi connectivity index (χ0n) is 16.2. The van der Waals surface area contributed by atoms with Gasteiger partial charge in [0.15, 0.2) is 0 Å². The molecule has 138 valence electrons. The molecule has 0 bridgehead atoms. The Hall–Kier alpha value is -2.13. The minimum absolute atomic E-state index is 0.105. The summed E-state index contributed by atoms with van der Waals surface area (Å²) in [4.78, 5) is 17.2. The van der Waals surface area contributed by atoms with Crippen LogP contribution in [0.1, 0.15) is 42.1 Å². The molecule has 0 spiro atoms. The van der Waals surface area contributed by atoms with Gasteiger partial charge in [-0.15, -0.1) is 0 Å². The van der Waals surface area contributed by atoms with Crippen LogP contribution >= 0.6 is 0 Å². The summed E-state index contributed by atoms with van der Waals surface area (Å²) in [7, 11) is 1.92. The molecule has 0 radical (unpaired) electrons. The molecule has 1 heterocycles. The number of amides is 1. The van der Waals surface area contributed by atoms with Crippen molar-refractivity contribution in [2.75, 3.05) is 26.7 Å². The Morgan fingerprint density at radius 3 is 2.42 bits per heavy atom. The highest BCUT2D eigenvalue weighted by atomic mass is 16.2. The number of carbonyl (C=O) groups is 1. The third kappa shape index (κ3) is 4.53. The van der Waals surface area contributed by atoms with E-state index in [-0.39, 0.29) is 5.91 Å². The van der Waals surface area contributed by atoms with Gasteiger partial charge in [0.25, 0.3) is 5.91 Å². The molecule has 3 heteroatoms. The van der Waals surface area contributed by atoms with Crippen molar-refractivity contribution in [3.05, 3.63) is 59.7 Å². The third-order valence-electron chi connectivity index (χ3n) is 5.45. The standard InChI is InChI=1S/C23H30N2O/c1-18-8-6-9-20(16-18)21-10-7-11-22(17-21)23(26)24(3)15-12-19(2)25-13-4-5-14-25/h6-11,16-17,19H,4-5,12-15H2,1-3H3. The van der Waals surface area contributed by atoms with Crippen molar-refractivity contribution in [2.45, 2.75) is 39.2 Å². The molecule has 3 rings (SSSR count). The summed E-state index contributed by atoms with van der Waals surface area (Å²) < 4.78 is 0. The van der Waals surface area contributed by atoms with E-state index in [2.05, 4.69) is 49.1 Å². The second-order valence-electron chi connectivity index (χ2n) is 7.56. The Bertz CT molecular complexity index is 749. The van der Waals surface area contributed by atoms with E-state index in [1.165, 1.54) is 31.5 Å². The van der Waals surface area contributed by atoms with E-state index >= 15 is 0 Å². The molecule has 0 N–H and O–H groups in total. The smallest absolute Gasteiger partial charge is 0.253 e. The second-order valence-corrected chi connectivity index (χ2v) is 7.56. The number of aryl methyl sites for hydroxylation is 1. The van der Waals surface area contributed by atoms with Crippen LogP contribution in [-0.4, -0.2) is 48.4 Å². The highest BCUT2D eigenvalue weighted by Gasteiger charge is 2.19. The fourth-order valence-electron chi connectivity index (χ4n) is 3.72. The summed E-state index contributed by atoms with van der Waals surface area (Å²) in [6.07, 6.45) is 3.65. The maximum atomic E-state index is 12.8. The van der Waals surface area contributed by atoms with Gasteiger partial charge in [0.2, 0.25) is 0 Å². The number of hydrogen-bond acceptors (Lipinski definition) is 2. The Labute approximate surface area is 157 Å². The van der Waals surface area contributed by atoms with Gasteiger partial charge in [0.05, 0.1) is 0 Å². The molecule has 1 aliphatic heterocycles. The highest BCUT2D eigenvalue weighted by Crippen LogP contribution is 2.22. The molecule has 0 aromatic heterocycles. The van der Waals surface area contributed by atoms with E-state index in [9.17, 15) is 4.79 Å². The lowest BCUT2D eigenvalue weighted by Crippen LogP contribution is -2.35. The quantitative estimate of drug-likeness (QED) is 0.760. The van der Waals surface area contributed by atoms with Crippen LogP contribution in [0.2, 0.25) is 0 Å². The SMILES string of the molecule is Cc1cccc(-c2cccc(C(=O)N(C)CCC(C)N3CCCC3)c2)c1. The molecular weight excluding hydrogens is 320 g/mol. The van der Waals surface area contributed by atoms with Gasteiger partial charge < -0.3 is 9.80 Å². The first-order chi connectivity index (χ1) is 12.5. The molecule has 2 aromatic rings. The maximum absolute atomic E-state index is 12.8. The van der Waals surface area contributed by atoms with Gasteiger partial charge in [-0.2, -0.15) is 0 Å². The van der Waals surface area contributed by atoms with Crippen molar-refractivity contribution < 1.29 is 4.79 Å². The van der Waals surface area contributed by atoms with E-state index in [1.807, 2.05) is 30.1 Å². The van der Waals surface area contributed by atoms with Crippen molar-refractivity contribution >= 4 is 5.91 Å². The molecule has 2 aromatic carbocycles. The molecule has 0 saturated carbocycles. The van der Waals surface area contributed by atoms with Crippen molar-refractivity contribution in [2.24, 2.45) is 0 Å². The topological polar surface area (TPSA) is 23.6 Å². The number of carbonyl (C=O) groups excluding carboxylic acids is 1. The van der Waals surface area contributed by atoms with Crippen molar-refractivity contribution in [3.8, 4) is 11.1 Å². The fourth-order valence-corrected chi connectivity index (χ4v) is 3.72. The molecule has 1 fully saturated rings. The number of likely N-dealkylation sites (tertiary alicyclic amines) is 1. The van der Waals surface area contributed by atoms with Crippen LogP contribution < -0.4 is 0 Å². The monoisotopic (exact) mass is 350 g/mol. The predicted molar refractivity (Wildman–Crippen MR) is 108 cm³/mol. The highest BCUT2D eigenvalue weighted by molar-refractivity contribution is 5.95. The van der Waals surface area contributed by atoms with Crippen LogP contribution in [0.15, 0.2) is 48.5 Å². The summed E-state index contributed by atoms with van der Waals surface area (Å²) in [5.74, 6) is 0.105. The molecule has 1 atom stereocenters. The van der Waals surface area contributed by atoms with Crippen LogP contribution in [-0.2, 0) is 0 Å². The minimum atomic E-state index is 0.105. The van der Waals surface area contributed by atoms with Crippen molar-refractivity contribution in [3.63, 3.8) is 0 Å². The lowest BCUT2D eigenvalue weighted by atomic mass is 10.0. The maximum Gasteiger partial charge on any atom is 0.253 e. The third-order valence-corrected chi connectivity index (χ3v) is 5.45. The Balaban J connectivity index is 1.64. The fraction of sp³-hybridized carbons (Fsp3) is 0.435. The van der Waals surface area contributed by atoms with Crippen LogP contribution in [0, 0.1) is 6.92 Å². The van der Waals surface area contributed by atoms with Gasteiger partial charge in [0.1, 0.15) is 0 Å². The lowest BCUT2D eigenvalue weighted by Gasteiger charge is -2.26. The van der Waals surface area contributed by atoms with E-state index < -0.39 is 0 Å². The average molecular weight is 351 g/mol. The summed E-state index contributed by atoms with van der Waals surface area (Å²) in [6.45, 7) is 7.58. The lowest BCUT2D eigenvalue weighted by molar-refractivity contribution is 0.0781. The van der Waals surface area contributed by atoms with E-state index in [0.29, 0.717) is 6.04 Å².